The maximum Gasteiger partial charge on any atom is 0.255 e. The van der Waals surface area contributed by atoms with Crippen LogP contribution in [-0.4, -0.2) is 38.2 Å². The van der Waals surface area contributed by atoms with Gasteiger partial charge in [0.1, 0.15) is 6.61 Å². The summed E-state index contributed by atoms with van der Waals surface area (Å²) in [5.74, 6) is 1.47. The van der Waals surface area contributed by atoms with Crippen LogP contribution in [0.3, 0.4) is 0 Å². The third-order valence-corrected chi connectivity index (χ3v) is 5.68. The zero-order valence-corrected chi connectivity index (χ0v) is 18.1. The highest BCUT2D eigenvalue weighted by atomic mass is 32.1. The van der Waals surface area contributed by atoms with E-state index in [1.807, 2.05) is 34.3 Å². The van der Waals surface area contributed by atoms with Gasteiger partial charge >= 0.3 is 0 Å². The number of hydrogen-bond acceptors (Lipinski definition) is 8. The molecule has 2 heterocycles. The summed E-state index contributed by atoms with van der Waals surface area (Å²) < 4.78 is 13.0. The van der Waals surface area contributed by atoms with Crippen LogP contribution in [-0.2, 0) is 6.61 Å². The summed E-state index contributed by atoms with van der Waals surface area (Å²) in [4.78, 5) is 17.1. The molecule has 0 bridgehead atoms. The third-order valence-electron chi connectivity index (χ3n) is 5.05. The summed E-state index contributed by atoms with van der Waals surface area (Å²) in [6.07, 6.45) is 2.17. The number of nitrogens with one attached hydrogen (secondary N) is 1. The van der Waals surface area contributed by atoms with Gasteiger partial charge in [-0.2, -0.15) is 0 Å². The van der Waals surface area contributed by atoms with Crippen LogP contribution in [0.4, 0.5) is 5.69 Å². The molecule has 0 unspecified atom stereocenters. The Balaban J connectivity index is 1.31. The number of hydrogen-bond donors (Lipinski definition) is 1. The first-order valence-corrected chi connectivity index (χ1v) is 11.0. The Kier molecular flexibility index (Phi) is 5.51. The molecule has 0 aliphatic heterocycles. The van der Waals surface area contributed by atoms with Crippen LogP contribution in [0, 0.1) is 0 Å². The number of benzene rings is 2. The van der Waals surface area contributed by atoms with Gasteiger partial charge in [0.2, 0.25) is 0 Å². The number of aromatic nitrogens is 5. The van der Waals surface area contributed by atoms with Gasteiger partial charge in [0, 0.05) is 22.2 Å². The lowest BCUT2D eigenvalue weighted by Crippen LogP contribution is -2.12. The molecule has 1 N–H and O–H groups in total. The van der Waals surface area contributed by atoms with Gasteiger partial charge in [-0.3, -0.25) is 4.79 Å². The number of ether oxygens (including phenoxy) is 2. The van der Waals surface area contributed by atoms with E-state index in [9.17, 15) is 4.79 Å². The van der Waals surface area contributed by atoms with Gasteiger partial charge in [-0.05, 0) is 53.6 Å². The number of nitrogens with zero attached hydrogens (tertiary/aromatic N) is 5. The van der Waals surface area contributed by atoms with E-state index in [1.54, 1.807) is 30.8 Å². The van der Waals surface area contributed by atoms with Crippen LogP contribution in [0.1, 0.15) is 34.9 Å². The smallest absolute Gasteiger partial charge is 0.255 e. The Morgan fingerprint density at radius 3 is 2.91 bits per heavy atom. The molecule has 2 aromatic carbocycles. The van der Waals surface area contributed by atoms with Crippen molar-refractivity contribution in [2.24, 2.45) is 0 Å². The first-order valence-electron chi connectivity index (χ1n) is 10.1. The summed E-state index contributed by atoms with van der Waals surface area (Å²) in [6.45, 7) is 0.332. The quantitative estimate of drug-likeness (QED) is 0.435. The fraction of sp³-hybridized carbons (Fsp3) is 0.227. The van der Waals surface area contributed by atoms with Crippen LogP contribution in [0.15, 0.2) is 53.4 Å². The van der Waals surface area contributed by atoms with Gasteiger partial charge in [-0.25, -0.2) is 9.67 Å². The number of methoxy groups -OCH3 is 1. The van der Waals surface area contributed by atoms with E-state index in [2.05, 4.69) is 25.8 Å². The minimum Gasteiger partial charge on any atom is -0.493 e. The molecular formula is C22H20N6O3S. The zero-order chi connectivity index (χ0) is 21.9. The van der Waals surface area contributed by atoms with E-state index in [4.69, 9.17) is 9.47 Å². The van der Waals surface area contributed by atoms with Crippen LogP contribution >= 0.6 is 11.3 Å². The van der Waals surface area contributed by atoms with Crippen molar-refractivity contribution in [3.05, 3.63) is 64.6 Å². The molecule has 4 aromatic rings. The summed E-state index contributed by atoms with van der Waals surface area (Å²) >= 11 is 1.51. The van der Waals surface area contributed by atoms with Crippen LogP contribution in [0.25, 0.3) is 11.4 Å². The lowest BCUT2D eigenvalue weighted by molar-refractivity contribution is 0.102. The highest BCUT2D eigenvalue weighted by Gasteiger charge is 2.28. The first-order chi connectivity index (χ1) is 15.7. The van der Waals surface area contributed by atoms with Crippen LogP contribution < -0.4 is 14.8 Å². The summed E-state index contributed by atoms with van der Waals surface area (Å²) in [5.41, 5.74) is 4.55. The van der Waals surface area contributed by atoms with Crippen molar-refractivity contribution in [3.8, 4) is 22.9 Å². The maximum atomic E-state index is 12.9. The number of carbonyl (C=O) groups is 1. The Morgan fingerprint density at radius 2 is 2.12 bits per heavy atom. The van der Waals surface area contributed by atoms with Crippen molar-refractivity contribution < 1.29 is 14.3 Å². The van der Waals surface area contributed by atoms with Crippen LogP contribution in [0.5, 0.6) is 11.5 Å². The van der Waals surface area contributed by atoms with Crippen molar-refractivity contribution in [2.75, 3.05) is 12.4 Å². The summed E-state index contributed by atoms with van der Waals surface area (Å²) in [5, 5.41) is 16.9. The molecule has 32 heavy (non-hydrogen) atoms. The minimum absolute atomic E-state index is 0.256. The second-order valence-corrected chi connectivity index (χ2v) is 8.07. The second kappa shape index (κ2) is 8.75. The molecule has 5 rings (SSSR count). The molecule has 10 heteroatoms. The molecule has 1 amide bonds. The largest absolute Gasteiger partial charge is 0.493 e. The number of carbonyl (C=O) groups excluding carboxylic acids is 1. The molecule has 0 spiro atoms. The minimum atomic E-state index is -0.256. The van der Waals surface area contributed by atoms with Crippen molar-refractivity contribution in [3.63, 3.8) is 0 Å². The number of tetrazole rings is 1. The monoisotopic (exact) mass is 448 g/mol. The molecule has 0 saturated heterocycles. The van der Waals surface area contributed by atoms with Crippen molar-refractivity contribution in [1.82, 2.24) is 25.2 Å². The number of thiazole rings is 1. The van der Waals surface area contributed by atoms with Crippen LogP contribution in [0.2, 0.25) is 0 Å². The number of anilines is 1. The first kappa shape index (κ1) is 20.1. The predicted molar refractivity (Wildman–Crippen MR) is 119 cm³/mol. The van der Waals surface area contributed by atoms with E-state index >= 15 is 0 Å². The predicted octanol–water partition coefficient (Wildman–Crippen LogP) is 3.97. The molecule has 1 saturated carbocycles. The Hall–Kier alpha value is -3.79. The third kappa shape index (κ3) is 4.30. The topological polar surface area (TPSA) is 104 Å². The van der Waals surface area contributed by atoms with Gasteiger partial charge < -0.3 is 14.8 Å². The van der Waals surface area contributed by atoms with E-state index in [0.717, 1.165) is 24.1 Å². The second-order valence-electron chi connectivity index (χ2n) is 7.35. The number of rotatable bonds is 8. The van der Waals surface area contributed by atoms with E-state index in [1.165, 1.54) is 11.3 Å². The average molecular weight is 449 g/mol. The van der Waals surface area contributed by atoms with Gasteiger partial charge in [0.15, 0.2) is 17.3 Å². The lowest BCUT2D eigenvalue weighted by Gasteiger charge is -2.12. The Bertz CT molecular complexity index is 1240. The van der Waals surface area contributed by atoms with Crippen molar-refractivity contribution >= 4 is 22.9 Å². The van der Waals surface area contributed by atoms with Gasteiger partial charge in [0.25, 0.3) is 5.91 Å². The fourth-order valence-electron chi connectivity index (χ4n) is 3.28. The highest BCUT2D eigenvalue weighted by Crippen LogP contribution is 2.37. The van der Waals surface area contributed by atoms with Crippen molar-refractivity contribution in [2.45, 2.75) is 25.5 Å². The zero-order valence-electron chi connectivity index (χ0n) is 17.3. The molecule has 1 aliphatic carbocycles. The van der Waals surface area contributed by atoms with E-state index < -0.39 is 0 Å². The maximum absolute atomic E-state index is 12.9. The molecule has 9 nitrogen and oxygen atoms in total. The van der Waals surface area contributed by atoms with Crippen molar-refractivity contribution in [1.29, 1.82) is 0 Å². The molecule has 162 valence electrons. The van der Waals surface area contributed by atoms with E-state index in [-0.39, 0.29) is 5.91 Å². The number of amides is 1. The summed E-state index contributed by atoms with van der Waals surface area (Å²) in [7, 11) is 1.54. The Morgan fingerprint density at radius 1 is 1.22 bits per heavy atom. The average Bonchev–Trinajstić information content (AvgIpc) is 3.31. The summed E-state index contributed by atoms with van der Waals surface area (Å²) in [6, 6.07) is 12.9. The van der Waals surface area contributed by atoms with E-state index in [0.29, 0.717) is 41.2 Å². The normalized spacial score (nSPS) is 13.0. The highest BCUT2D eigenvalue weighted by molar-refractivity contribution is 7.07. The van der Waals surface area contributed by atoms with Gasteiger partial charge in [-0.15, -0.1) is 16.4 Å². The lowest BCUT2D eigenvalue weighted by atomic mass is 10.1. The molecular weight excluding hydrogens is 428 g/mol. The molecule has 0 atom stereocenters. The van der Waals surface area contributed by atoms with Gasteiger partial charge in [0.05, 0.1) is 24.4 Å². The van der Waals surface area contributed by atoms with Gasteiger partial charge in [-0.1, -0.05) is 12.1 Å². The molecule has 1 aliphatic rings. The molecule has 2 aromatic heterocycles. The molecule has 0 radical (unpaired) electrons. The SMILES string of the molecule is COc1cc(C(=O)Nc2cccc(-c3nnnn3C3CC3)c2)ccc1OCc1cscn1. The standard InChI is InChI=1S/C22H20N6O3S/c1-30-20-10-15(5-8-19(20)31-11-17-12-32-13-23-17)22(29)24-16-4-2-3-14(9-16)21-25-26-27-28(21)18-6-7-18/h2-5,8-10,12-13,18H,6-7,11H2,1H3,(H,24,29). The Labute approximate surface area is 188 Å². The molecule has 1 fully saturated rings. The fourth-order valence-corrected chi connectivity index (χ4v) is 3.82.